The fourth-order valence-electron chi connectivity index (χ4n) is 2.94. The maximum absolute atomic E-state index is 13.1. The lowest BCUT2D eigenvalue weighted by Gasteiger charge is -2.15. The Hall–Kier alpha value is -3.35. The number of fused-ring (bicyclic) bond motifs is 1. The molecule has 0 aliphatic rings. The molecule has 1 amide bonds. The van der Waals surface area contributed by atoms with Crippen molar-refractivity contribution < 1.29 is 9.53 Å². The zero-order chi connectivity index (χ0) is 19.6. The molecular weight excluding hydrogens is 346 g/mol. The van der Waals surface area contributed by atoms with Crippen LogP contribution in [0.1, 0.15) is 13.8 Å². The fourth-order valence-corrected chi connectivity index (χ4v) is 2.94. The minimum atomic E-state index is -0.567. The molecule has 140 valence electrons. The van der Waals surface area contributed by atoms with Gasteiger partial charge in [-0.1, -0.05) is 12.1 Å². The van der Waals surface area contributed by atoms with E-state index in [1.807, 2.05) is 13.8 Å². The van der Waals surface area contributed by atoms with Crippen LogP contribution in [0.2, 0.25) is 0 Å². The third kappa shape index (κ3) is 3.62. The Balaban J connectivity index is 2.23. The quantitative estimate of drug-likeness (QED) is 0.744. The van der Waals surface area contributed by atoms with Crippen molar-refractivity contribution in [3.63, 3.8) is 0 Å². The lowest BCUT2D eigenvalue weighted by atomic mass is 10.2. The molecule has 1 heterocycles. The summed E-state index contributed by atoms with van der Waals surface area (Å²) in [4.78, 5) is 38.3. The van der Waals surface area contributed by atoms with E-state index in [0.717, 1.165) is 4.57 Å². The summed E-state index contributed by atoms with van der Waals surface area (Å²) in [6.45, 7) is 3.52. The first kappa shape index (κ1) is 18.4. The Labute approximate surface area is 155 Å². The Morgan fingerprint density at radius 2 is 1.74 bits per heavy atom. The highest BCUT2D eigenvalue weighted by Gasteiger charge is 2.16. The predicted octanol–water partition coefficient (Wildman–Crippen LogP) is 1.69. The average Bonchev–Trinajstić information content (AvgIpc) is 2.65. The van der Waals surface area contributed by atoms with E-state index in [0.29, 0.717) is 22.3 Å². The van der Waals surface area contributed by atoms with Crippen molar-refractivity contribution >= 4 is 16.8 Å². The number of amides is 1. The highest BCUT2D eigenvalue weighted by atomic mass is 16.5. The summed E-state index contributed by atoms with van der Waals surface area (Å²) in [6, 6.07) is 13.3. The molecule has 2 aromatic carbocycles. The van der Waals surface area contributed by atoms with Crippen LogP contribution in [-0.4, -0.2) is 28.2 Å². The molecular formula is C20H21N3O4. The van der Waals surface area contributed by atoms with Crippen molar-refractivity contribution in [2.45, 2.75) is 26.4 Å². The third-order valence-electron chi connectivity index (χ3n) is 4.13. The first-order valence-corrected chi connectivity index (χ1v) is 8.60. The van der Waals surface area contributed by atoms with Crippen molar-refractivity contribution in [2.24, 2.45) is 0 Å². The molecule has 0 saturated heterocycles. The average molecular weight is 367 g/mol. The van der Waals surface area contributed by atoms with E-state index in [4.69, 9.17) is 4.74 Å². The molecule has 7 heteroatoms. The maximum atomic E-state index is 13.1. The molecule has 1 N–H and O–H groups in total. The summed E-state index contributed by atoms with van der Waals surface area (Å²) in [7, 11) is 1.54. The molecule has 0 radical (unpaired) electrons. The minimum Gasteiger partial charge on any atom is -0.497 e. The molecule has 0 atom stereocenters. The lowest BCUT2D eigenvalue weighted by molar-refractivity contribution is -0.122. The Morgan fingerprint density at radius 1 is 1.07 bits per heavy atom. The first-order chi connectivity index (χ1) is 12.9. The Morgan fingerprint density at radius 3 is 2.37 bits per heavy atom. The van der Waals surface area contributed by atoms with Crippen molar-refractivity contribution in [3.05, 3.63) is 69.4 Å². The molecule has 1 aromatic heterocycles. The predicted molar refractivity (Wildman–Crippen MR) is 104 cm³/mol. The lowest BCUT2D eigenvalue weighted by Crippen LogP contribution is -2.42. The van der Waals surface area contributed by atoms with Crippen molar-refractivity contribution in [1.82, 2.24) is 14.5 Å². The normalized spacial score (nSPS) is 11.0. The number of ether oxygens (including phenoxy) is 1. The fraction of sp³-hybridized carbons (Fsp3) is 0.250. The van der Waals surface area contributed by atoms with Gasteiger partial charge in [-0.15, -0.1) is 0 Å². The number of hydrogen-bond donors (Lipinski definition) is 1. The van der Waals surface area contributed by atoms with Crippen LogP contribution in [-0.2, 0) is 11.3 Å². The molecule has 0 saturated carbocycles. The largest absolute Gasteiger partial charge is 0.497 e. The van der Waals surface area contributed by atoms with Gasteiger partial charge in [-0.25, -0.2) is 9.36 Å². The van der Waals surface area contributed by atoms with Gasteiger partial charge in [0.25, 0.3) is 5.56 Å². The van der Waals surface area contributed by atoms with E-state index in [-0.39, 0.29) is 18.5 Å². The Kier molecular flexibility index (Phi) is 5.12. The number of para-hydroxylation sites is 1. The van der Waals surface area contributed by atoms with E-state index < -0.39 is 11.2 Å². The Bertz CT molecular complexity index is 1090. The highest BCUT2D eigenvalue weighted by molar-refractivity contribution is 5.82. The molecule has 0 unspecified atom stereocenters. The number of benzene rings is 2. The molecule has 0 fully saturated rings. The second-order valence-electron chi connectivity index (χ2n) is 6.45. The number of carbonyl (C=O) groups excluding carboxylic acids is 1. The van der Waals surface area contributed by atoms with Crippen LogP contribution >= 0.6 is 0 Å². The van der Waals surface area contributed by atoms with Gasteiger partial charge in [-0.3, -0.25) is 14.2 Å². The van der Waals surface area contributed by atoms with Crippen LogP contribution in [0, 0.1) is 0 Å². The van der Waals surface area contributed by atoms with E-state index in [1.165, 1.54) is 11.7 Å². The third-order valence-corrected chi connectivity index (χ3v) is 4.13. The maximum Gasteiger partial charge on any atom is 0.336 e. The highest BCUT2D eigenvalue weighted by Crippen LogP contribution is 2.14. The SMILES string of the molecule is COc1ccc(-n2c(=O)c3ccccc3n(CC(=O)NC(C)C)c2=O)cc1. The molecule has 0 spiro atoms. The van der Waals surface area contributed by atoms with Crippen LogP contribution < -0.4 is 21.3 Å². The molecule has 27 heavy (non-hydrogen) atoms. The van der Waals surface area contributed by atoms with Gasteiger partial charge in [0, 0.05) is 6.04 Å². The summed E-state index contributed by atoms with van der Waals surface area (Å²) in [5.74, 6) is 0.321. The molecule has 0 bridgehead atoms. The van der Waals surface area contributed by atoms with Crippen LogP contribution in [0.3, 0.4) is 0 Å². The second kappa shape index (κ2) is 7.49. The van der Waals surface area contributed by atoms with Crippen LogP contribution in [0.15, 0.2) is 58.1 Å². The van der Waals surface area contributed by atoms with E-state index in [9.17, 15) is 14.4 Å². The van der Waals surface area contributed by atoms with Gasteiger partial charge in [0.2, 0.25) is 5.91 Å². The van der Waals surface area contributed by atoms with Gasteiger partial charge in [-0.2, -0.15) is 0 Å². The van der Waals surface area contributed by atoms with Gasteiger partial charge in [0.1, 0.15) is 12.3 Å². The van der Waals surface area contributed by atoms with Crippen LogP contribution in [0.5, 0.6) is 5.75 Å². The number of carbonyl (C=O) groups is 1. The number of nitrogens with one attached hydrogen (secondary N) is 1. The number of methoxy groups -OCH3 is 1. The topological polar surface area (TPSA) is 82.3 Å². The summed E-state index contributed by atoms with van der Waals surface area (Å²) < 4.78 is 7.52. The van der Waals surface area contributed by atoms with Crippen LogP contribution in [0.4, 0.5) is 0 Å². The number of aromatic nitrogens is 2. The van der Waals surface area contributed by atoms with Gasteiger partial charge in [-0.05, 0) is 50.2 Å². The van der Waals surface area contributed by atoms with Crippen molar-refractivity contribution in [3.8, 4) is 11.4 Å². The molecule has 0 aliphatic heterocycles. The summed E-state index contributed by atoms with van der Waals surface area (Å²) in [5, 5.41) is 3.14. The summed E-state index contributed by atoms with van der Waals surface area (Å²) >= 11 is 0. The van der Waals surface area contributed by atoms with E-state index in [2.05, 4.69) is 5.32 Å². The zero-order valence-corrected chi connectivity index (χ0v) is 15.4. The first-order valence-electron chi connectivity index (χ1n) is 8.60. The molecule has 0 aliphatic carbocycles. The van der Waals surface area contributed by atoms with Gasteiger partial charge < -0.3 is 10.1 Å². The molecule has 3 aromatic rings. The second-order valence-corrected chi connectivity index (χ2v) is 6.45. The van der Waals surface area contributed by atoms with Gasteiger partial charge >= 0.3 is 5.69 Å². The minimum absolute atomic E-state index is 0.0491. The zero-order valence-electron chi connectivity index (χ0n) is 15.4. The number of hydrogen-bond acceptors (Lipinski definition) is 4. The number of nitrogens with zero attached hydrogens (tertiary/aromatic N) is 2. The van der Waals surface area contributed by atoms with Gasteiger partial charge in [0.05, 0.1) is 23.7 Å². The van der Waals surface area contributed by atoms with Crippen molar-refractivity contribution in [2.75, 3.05) is 7.11 Å². The molecule has 3 rings (SSSR count). The smallest absolute Gasteiger partial charge is 0.336 e. The van der Waals surface area contributed by atoms with Crippen molar-refractivity contribution in [1.29, 1.82) is 0 Å². The van der Waals surface area contributed by atoms with Crippen LogP contribution in [0.25, 0.3) is 16.6 Å². The van der Waals surface area contributed by atoms with E-state index in [1.54, 1.807) is 48.5 Å². The monoisotopic (exact) mass is 367 g/mol. The van der Waals surface area contributed by atoms with Gasteiger partial charge in [0.15, 0.2) is 0 Å². The van der Waals surface area contributed by atoms with E-state index >= 15 is 0 Å². The summed E-state index contributed by atoms with van der Waals surface area (Å²) in [6.07, 6.45) is 0. The number of rotatable bonds is 5. The summed E-state index contributed by atoms with van der Waals surface area (Å²) in [5.41, 5.74) is -0.158. The standard InChI is InChI=1S/C20H21N3O4/c1-13(2)21-18(24)12-22-17-7-5-4-6-16(17)19(25)23(20(22)26)14-8-10-15(27-3)11-9-14/h4-11,13H,12H2,1-3H3,(H,21,24). The molecule has 7 nitrogen and oxygen atoms in total.